The van der Waals surface area contributed by atoms with Gasteiger partial charge in [0.15, 0.2) is 15.6 Å². The van der Waals surface area contributed by atoms with Gasteiger partial charge in [0.05, 0.1) is 0 Å². The number of phosphoric acid groups is 1. The van der Waals surface area contributed by atoms with Gasteiger partial charge in [-0.3, -0.25) is 4.52 Å². The summed E-state index contributed by atoms with van der Waals surface area (Å²) in [5.41, 5.74) is 8.73. The largest absolute Gasteiger partial charge is 0.469 e. The van der Waals surface area contributed by atoms with Crippen molar-refractivity contribution in [1.82, 2.24) is 9.78 Å². The van der Waals surface area contributed by atoms with Crippen molar-refractivity contribution in [2.45, 2.75) is 46.1 Å². The third-order valence-electron chi connectivity index (χ3n) is 4.09. The third-order valence-corrected chi connectivity index (χ3v) is 5.27. The smallest absolute Gasteiger partial charge is 0.453 e. The Morgan fingerprint density at radius 3 is 2.24 bits per heavy atom. The van der Waals surface area contributed by atoms with Crippen LogP contribution in [-0.4, -0.2) is 34.2 Å². The molecule has 0 saturated heterocycles. The molecule has 1 aromatic carbocycles. The summed E-state index contributed by atoms with van der Waals surface area (Å²) < 4.78 is 46.6. The number of anilines is 1. The van der Waals surface area contributed by atoms with Crippen molar-refractivity contribution in [2.75, 3.05) is 12.0 Å². The van der Waals surface area contributed by atoms with Crippen LogP contribution in [-0.2, 0) is 31.4 Å². The average molecular weight is 447 g/mol. The van der Waals surface area contributed by atoms with Gasteiger partial charge in [-0.25, -0.2) is 17.7 Å². The zero-order chi connectivity index (χ0) is 22.1. The molecule has 2 rings (SSSR count). The summed E-state index contributed by atoms with van der Waals surface area (Å²) in [5, 5.41) is 4.31. The van der Waals surface area contributed by atoms with Crippen LogP contribution in [0.5, 0.6) is 11.5 Å². The second-order valence-corrected chi connectivity index (χ2v) is 10.6. The first kappa shape index (κ1) is 23.4. The highest BCUT2D eigenvalue weighted by molar-refractivity contribution is 7.89. The van der Waals surface area contributed by atoms with Crippen LogP contribution in [0.2, 0.25) is 0 Å². The highest BCUT2D eigenvalue weighted by Gasteiger charge is 2.26. The van der Waals surface area contributed by atoms with Gasteiger partial charge in [-0.15, -0.1) is 0 Å². The zero-order valence-corrected chi connectivity index (χ0v) is 18.6. The molecule has 4 N–H and O–H groups in total. The molecule has 12 heteroatoms. The first-order valence-corrected chi connectivity index (χ1v) is 12.3. The molecule has 2 aromatic rings. The highest BCUT2D eigenvalue weighted by atomic mass is 32.2. The van der Waals surface area contributed by atoms with Gasteiger partial charge in [0.1, 0.15) is 29.6 Å². The Morgan fingerprint density at radius 2 is 1.79 bits per heavy atom. The predicted molar refractivity (Wildman–Crippen MR) is 108 cm³/mol. The number of nitrogen functional groups attached to an aromatic ring is 1. The summed E-state index contributed by atoms with van der Waals surface area (Å²) in [6.45, 7) is 6.74. The third kappa shape index (κ3) is 6.28. The van der Waals surface area contributed by atoms with Crippen LogP contribution in [0.25, 0.3) is 0 Å². The molecule has 0 aliphatic carbocycles. The van der Waals surface area contributed by atoms with Crippen molar-refractivity contribution in [3.63, 3.8) is 0 Å². The van der Waals surface area contributed by atoms with E-state index in [0.29, 0.717) is 17.1 Å². The molecule has 0 radical (unpaired) electrons. The lowest BCUT2D eigenvalue weighted by atomic mass is 10.1. The van der Waals surface area contributed by atoms with Crippen LogP contribution >= 0.6 is 7.82 Å². The van der Waals surface area contributed by atoms with E-state index in [2.05, 4.69) is 9.62 Å². The Balaban J connectivity index is 2.61. The fraction of sp³-hybridized carbons (Fsp3) is 0.471. The number of benzene rings is 1. The van der Waals surface area contributed by atoms with E-state index in [1.54, 1.807) is 12.1 Å². The van der Waals surface area contributed by atoms with Crippen molar-refractivity contribution in [1.29, 1.82) is 0 Å². The Bertz CT molecular complexity index is 1030. The summed E-state index contributed by atoms with van der Waals surface area (Å²) in [6, 6.07) is 3.43. The topological polar surface area (TPSA) is 154 Å². The molecule has 29 heavy (non-hydrogen) atoms. The fourth-order valence-electron chi connectivity index (χ4n) is 2.72. The number of sulfone groups is 1. The molecule has 10 nitrogen and oxygen atoms in total. The van der Waals surface area contributed by atoms with Gasteiger partial charge in [-0.05, 0) is 37.1 Å². The van der Waals surface area contributed by atoms with Crippen LogP contribution in [0, 0.1) is 13.8 Å². The Kier molecular flexibility index (Phi) is 6.81. The minimum Gasteiger partial charge on any atom is -0.453 e. The van der Waals surface area contributed by atoms with Crippen molar-refractivity contribution in [3.8, 4) is 11.5 Å². The van der Waals surface area contributed by atoms with E-state index < -0.39 is 30.1 Å². The van der Waals surface area contributed by atoms with Gasteiger partial charge < -0.3 is 20.3 Å². The molecule has 0 atom stereocenters. The number of phosphoric ester groups is 1. The number of ether oxygens (including phenoxy) is 1. The van der Waals surface area contributed by atoms with Gasteiger partial charge in [0.2, 0.25) is 0 Å². The summed E-state index contributed by atoms with van der Waals surface area (Å²) in [5.74, 6) is -0.0147. The highest BCUT2D eigenvalue weighted by Crippen LogP contribution is 2.41. The second kappa shape index (κ2) is 8.45. The second-order valence-electron chi connectivity index (χ2n) is 7.21. The molecule has 0 amide bonds. The minimum atomic E-state index is -4.80. The van der Waals surface area contributed by atoms with E-state index in [4.69, 9.17) is 20.3 Å². The summed E-state index contributed by atoms with van der Waals surface area (Å²) in [6.07, 6.45) is 1.03. The van der Waals surface area contributed by atoms with Crippen LogP contribution < -0.4 is 10.5 Å². The van der Waals surface area contributed by atoms with E-state index in [0.717, 1.165) is 22.1 Å². The van der Waals surface area contributed by atoms with Gasteiger partial charge in [-0.2, -0.15) is 5.10 Å². The molecule has 0 bridgehead atoms. The van der Waals surface area contributed by atoms with Crippen LogP contribution in [0.4, 0.5) is 5.69 Å². The van der Waals surface area contributed by atoms with E-state index in [1.165, 1.54) is 0 Å². The number of aromatic nitrogens is 2. The Hall–Kier alpha value is -1.91. The number of hydrogen-bond acceptors (Lipinski definition) is 7. The minimum absolute atomic E-state index is 0.106. The Morgan fingerprint density at radius 1 is 1.24 bits per heavy atom. The number of nitrogens with two attached hydrogens (primary N) is 1. The maximum atomic E-state index is 11.8. The van der Waals surface area contributed by atoms with E-state index in [9.17, 15) is 13.0 Å². The van der Waals surface area contributed by atoms with Gasteiger partial charge >= 0.3 is 7.82 Å². The van der Waals surface area contributed by atoms with Crippen molar-refractivity contribution in [3.05, 3.63) is 34.6 Å². The fourth-order valence-corrected chi connectivity index (χ4v) is 3.66. The summed E-state index contributed by atoms with van der Waals surface area (Å²) >= 11 is 0. The first-order valence-electron chi connectivity index (χ1n) is 8.70. The van der Waals surface area contributed by atoms with Crippen LogP contribution in [0.15, 0.2) is 12.1 Å². The molecule has 0 spiro atoms. The number of rotatable bonds is 8. The van der Waals surface area contributed by atoms with Crippen LogP contribution in [0.1, 0.15) is 42.3 Å². The van der Waals surface area contributed by atoms with Gasteiger partial charge in [0.25, 0.3) is 0 Å². The number of nitrogens with zero attached hydrogens (tertiary/aromatic N) is 2. The van der Waals surface area contributed by atoms with Gasteiger partial charge in [0, 0.05) is 17.9 Å². The van der Waals surface area contributed by atoms with Gasteiger partial charge in [-0.1, -0.05) is 13.8 Å². The SMILES string of the molecule is Cc1cc(Oc2c(C(C)C)nn(CS(C)(=O)=O)c2COP(=O)(O)O)cc(C)c1N. The van der Waals surface area contributed by atoms with Crippen LogP contribution in [0.3, 0.4) is 0 Å². The van der Waals surface area contributed by atoms with E-state index in [1.807, 2.05) is 27.7 Å². The molecule has 0 unspecified atom stereocenters. The monoisotopic (exact) mass is 447 g/mol. The molecular weight excluding hydrogens is 421 g/mol. The molecule has 0 aliphatic heterocycles. The van der Waals surface area contributed by atoms with E-state index >= 15 is 0 Å². The maximum Gasteiger partial charge on any atom is 0.469 e. The van der Waals surface area contributed by atoms with Crippen molar-refractivity contribution >= 4 is 23.3 Å². The maximum absolute atomic E-state index is 11.8. The zero-order valence-electron chi connectivity index (χ0n) is 16.9. The molecule has 0 fully saturated rings. The quantitative estimate of drug-likeness (QED) is 0.409. The lowest BCUT2D eigenvalue weighted by Crippen LogP contribution is -2.14. The first-order chi connectivity index (χ1) is 13.2. The molecular formula is C17H26N3O7PS. The number of hydrogen-bond donors (Lipinski definition) is 3. The molecule has 0 aliphatic rings. The molecule has 0 saturated carbocycles. The Labute approximate surface area is 169 Å². The summed E-state index contributed by atoms with van der Waals surface area (Å²) in [7, 11) is -8.30. The average Bonchev–Trinajstić information content (AvgIpc) is 2.85. The summed E-state index contributed by atoms with van der Waals surface area (Å²) in [4.78, 5) is 18.2. The van der Waals surface area contributed by atoms with E-state index in [-0.39, 0.29) is 17.4 Å². The van der Waals surface area contributed by atoms with Crippen molar-refractivity contribution < 1.29 is 32.0 Å². The predicted octanol–water partition coefficient (Wildman–Crippen LogP) is 2.61. The standard InChI is InChI=1S/C17H26N3O7PS/c1-10(2)16-17(27-13-6-11(3)15(18)12(4)7-13)14(8-26-28(21,22)23)20(19-16)9-29(5,24)25/h6-7,10H,8-9,18H2,1-5H3,(H2,21,22,23). The number of aryl methyl sites for hydroxylation is 2. The molecule has 1 heterocycles. The lowest BCUT2D eigenvalue weighted by Gasteiger charge is -2.14. The normalized spacial score (nSPS) is 12.6. The lowest BCUT2D eigenvalue weighted by molar-refractivity contribution is 0.183. The molecule has 1 aromatic heterocycles. The van der Waals surface area contributed by atoms with Crippen molar-refractivity contribution in [2.24, 2.45) is 0 Å². The molecule has 162 valence electrons.